The monoisotopic (exact) mass is 400 g/mol. The van der Waals surface area contributed by atoms with Gasteiger partial charge in [0, 0.05) is 12.2 Å². The fourth-order valence-corrected chi connectivity index (χ4v) is 3.97. The molecule has 0 aromatic carbocycles. The molecule has 2 N–H and O–H groups in total. The van der Waals surface area contributed by atoms with Crippen molar-refractivity contribution in [3.63, 3.8) is 0 Å². The van der Waals surface area contributed by atoms with Crippen LogP contribution in [0.15, 0.2) is 12.3 Å². The number of carbonyl (C=O) groups is 2. The molecule has 3 heterocycles. The van der Waals surface area contributed by atoms with Gasteiger partial charge in [-0.3, -0.25) is 4.79 Å². The van der Waals surface area contributed by atoms with Gasteiger partial charge in [-0.05, 0) is 19.4 Å². The number of nitrogens with zero attached hydrogens (tertiary/aromatic N) is 2. The number of esters is 1. The van der Waals surface area contributed by atoms with Gasteiger partial charge in [-0.15, -0.1) is 0 Å². The Morgan fingerprint density at radius 1 is 1.54 bits per heavy atom. The number of nitrogens with one attached hydrogen (secondary N) is 2. The van der Waals surface area contributed by atoms with Gasteiger partial charge in [0.25, 0.3) is 5.91 Å². The maximum atomic E-state index is 14.6. The highest BCUT2D eigenvalue weighted by Gasteiger charge is 2.32. The first-order valence-electron chi connectivity index (χ1n) is 7.98. The summed E-state index contributed by atoms with van der Waals surface area (Å²) < 4.78 is 19.2. The van der Waals surface area contributed by atoms with E-state index in [2.05, 4.69) is 20.0 Å². The molecular weight excluding hydrogens is 383 g/mol. The van der Waals surface area contributed by atoms with Gasteiger partial charge >= 0.3 is 5.97 Å². The van der Waals surface area contributed by atoms with E-state index in [4.69, 9.17) is 11.6 Å². The number of halogens is 2. The third-order valence-corrected chi connectivity index (χ3v) is 5.48. The zero-order chi connectivity index (χ0) is 18.8. The lowest BCUT2D eigenvalue weighted by atomic mass is 10.0. The number of methoxy groups -OCH3 is 1. The number of aromatic amines is 1. The molecule has 1 fully saturated rings. The van der Waals surface area contributed by atoms with Gasteiger partial charge < -0.3 is 19.9 Å². The Labute approximate surface area is 158 Å². The maximum Gasteiger partial charge on any atom is 0.349 e. The quantitative estimate of drug-likeness (QED) is 0.770. The standard InChI is InChI=1S/C16H18ClFN4O3S/c1-8-5-9(17)13(20-8)14(23)21-11-3-4-22(7-10(11)18)16-19-6-12(26-16)15(24)25-2/h5-6,10-11,20H,3-4,7H2,1-2H3,(H,21,23)/t10-,11+/m0/s1. The SMILES string of the molecule is COC(=O)c1cnc(N2CC[C@@H](NC(=O)c3[nH]c(C)cc3Cl)[C@@H](F)C2)s1. The van der Waals surface area contributed by atoms with Gasteiger partial charge in [-0.2, -0.15) is 0 Å². The van der Waals surface area contributed by atoms with Crippen LogP contribution in [0.5, 0.6) is 0 Å². The molecule has 26 heavy (non-hydrogen) atoms. The van der Waals surface area contributed by atoms with Gasteiger partial charge in [-0.1, -0.05) is 22.9 Å². The molecule has 7 nitrogen and oxygen atoms in total. The predicted octanol–water partition coefficient (Wildman–Crippen LogP) is 2.57. The third kappa shape index (κ3) is 3.83. The van der Waals surface area contributed by atoms with Crippen molar-refractivity contribution in [1.82, 2.24) is 15.3 Å². The number of anilines is 1. The van der Waals surface area contributed by atoms with E-state index >= 15 is 0 Å². The number of amides is 1. The minimum Gasteiger partial charge on any atom is -0.465 e. The van der Waals surface area contributed by atoms with Crippen LogP contribution >= 0.6 is 22.9 Å². The lowest BCUT2D eigenvalue weighted by Gasteiger charge is -2.34. The van der Waals surface area contributed by atoms with Crippen LogP contribution < -0.4 is 10.2 Å². The fraction of sp³-hybridized carbons (Fsp3) is 0.438. The number of piperidine rings is 1. The molecular formula is C16H18ClFN4O3S. The van der Waals surface area contributed by atoms with Crippen LogP contribution in [0, 0.1) is 6.92 Å². The molecule has 0 saturated carbocycles. The lowest BCUT2D eigenvalue weighted by Crippen LogP contribution is -2.52. The van der Waals surface area contributed by atoms with Crippen molar-refractivity contribution in [2.45, 2.75) is 25.6 Å². The van der Waals surface area contributed by atoms with E-state index in [1.165, 1.54) is 13.3 Å². The molecule has 2 atom stereocenters. The van der Waals surface area contributed by atoms with E-state index in [9.17, 15) is 14.0 Å². The number of aromatic nitrogens is 2. The second-order valence-corrected chi connectivity index (χ2v) is 7.42. The molecule has 1 saturated heterocycles. The van der Waals surface area contributed by atoms with Crippen molar-refractivity contribution in [1.29, 1.82) is 0 Å². The number of hydrogen-bond acceptors (Lipinski definition) is 6. The molecule has 1 aliphatic heterocycles. The molecule has 2 aromatic rings. The zero-order valence-electron chi connectivity index (χ0n) is 14.2. The molecule has 0 radical (unpaired) electrons. The molecule has 0 unspecified atom stereocenters. The Hall–Kier alpha value is -2.13. The average molecular weight is 401 g/mol. The number of ether oxygens (including phenoxy) is 1. The summed E-state index contributed by atoms with van der Waals surface area (Å²) in [5, 5.41) is 3.56. The highest BCUT2D eigenvalue weighted by Crippen LogP contribution is 2.27. The number of hydrogen-bond donors (Lipinski definition) is 2. The minimum atomic E-state index is -1.27. The summed E-state index contributed by atoms with van der Waals surface area (Å²) in [5.41, 5.74) is 0.999. The molecule has 0 bridgehead atoms. The van der Waals surface area contributed by atoms with Crippen LogP contribution in [0.4, 0.5) is 9.52 Å². The average Bonchev–Trinajstić information content (AvgIpc) is 3.22. The van der Waals surface area contributed by atoms with Crippen LogP contribution in [0.1, 0.15) is 32.3 Å². The molecule has 140 valence electrons. The first-order valence-corrected chi connectivity index (χ1v) is 9.17. The molecule has 2 aromatic heterocycles. The molecule has 0 aliphatic carbocycles. The Kier molecular flexibility index (Phi) is 5.47. The minimum absolute atomic E-state index is 0.0799. The second-order valence-electron chi connectivity index (χ2n) is 6.00. The summed E-state index contributed by atoms with van der Waals surface area (Å²) in [6, 6.07) is 1.03. The largest absolute Gasteiger partial charge is 0.465 e. The van der Waals surface area contributed by atoms with Gasteiger partial charge in [-0.25, -0.2) is 14.2 Å². The van der Waals surface area contributed by atoms with Crippen LogP contribution in [-0.4, -0.2) is 54.3 Å². The van der Waals surface area contributed by atoms with Crippen molar-refractivity contribution >= 4 is 39.9 Å². The van der Waals surface area contributed by atoms with E-state index in [0.717, 1.165) is 17.0 Å². The van der Waals surface area contributed by atoms with Crippen molar-refractivity contribution < 1.29 is 18.7 Å². The number of rotatable bonds is 4. The van der Waals surface area contributed by atoms with Gasteiger partial charge in [0.05, 0.1) is 30.9 Å². The van der Waals surface area contributed by atoms with Crippen LogP contribution in [0.25, 0.3) is 0 Å². The van der Waals surface area contributed by atoms with E-state index in [1.54, 1.807) is 17.9 Å². The fourth-order valence-electron chi connectivity index (χ4n) is 2.81. The van der Waals surface area contributed by atoms with Crippen molar-refractivity contribution in [3.8, 4) is 0 Å². The molecule has 3 rings (SSSR count). The highest BCUT2D eigenvalue weighted by atomic mass is 35.5. The predicted molar refractivity (Wildman–Crippen MR) is 97.0 cm³/mol. The van der Waals surface area contributed by atoms with E-state index in [1.807, 2.05) is 0 Å². The van der Waals surface area contributed by atoms with Crippen LogP contribution in [-0.2, 0) is 4.74 Å². The van der Waals surface area contributed by atoms with Crippen molar-refractivity contribution in [3.05, 3.63) is 33.6 Å². The van der Waals surface area contributed by atoms with Crippen molar-refractivity contribution in [2.75, 3.05) is 25.1 Å². The number of H-pyrrole nitrogens is 1. The lowest BCUT2D eigenvalue weighted by molar-refractivity contribution is 0.0606. The van der Waals surface area contributed by atoms with E-state index in [-0.39, 0.29) is 12.2 Å². The molecule has 0 spiro atoms. The molecule has 10 heteroatoms. The zero-order valence-corrected chi connectivity index (χ0v) is 15.8. The van der Waals surface area contributed by atoms with Gasteiger partial charge in [0.15, 0.2) is 5.13 Å². The van der Waals surface area contributed by atoms with Gasteiger partial charge in [0.2, 0.25) is 0 Å². The van der Waals surface area contributed by atoms with E-state index < -0.39 is 24.1 Å². The maximum absolute atomic E-state index is 14.6. The summed E-state index contributed by atoms with van der Waals surface area (Å²) in [6.45, 7) is 2.38. The Bertz CT molecular complexity index is 824. The third-order valence-electron chi connectivity index (χ3n) is 4.14. The second kappa shape index (κ2) is 7.63. The summed E-state index contributed by atoms with van der Waals surface area (Å²) >= 11 is 7.15. The summed E-state index contributed by atoms with van der Waals surface area (Å²) in [6.07, 6.45) is 0.563. The Balaban J connectivity index is 1.61. The molecule has 1 amide bonds. The highest BCUT2D eigenvalue weighted by molar-refractivity contribution is 7.17. The van der Waals surface area contributed by atoms with Crippen LogP contribution in [0.2, 0.25) is 5.02 Å². The summed E-state index contributed by atoms with van der Waals surface area (Å²) in [5.74, 6) is -0.891. The summed E-state index contributed by atoms with van der Waals surface area (Å²) in [4.78, 5) is 32.9. The van der Waals surface area contributed by atoms with Crippen molar-refractivity contribution in [2.24, 2.45) is 0 Å². The van der Waals surface area contributed by atoms with Crippen LogP contribution in [0.3, 0.4) is 0 Å². The number of carbonyl (C=O) groups excluding carboxylic acids is 2. The summed E-state index contributed by atoms with van der Waals surface area (Å²) in [7, 11) is 1.30. The number of aryl methyl sites for hydroxylation is 1. The number of alkyl halides is 1. The molecule has 1 aliphatic rings. The normalized spacial score (nSPS) is 20.1. The Morgan fingerprint density at radius 2 is 2.31 bits per heavy atom. The first kappa shape index (κ1) is 18.7. The number of thiazole rings is 1. The topological polar surface area (TPSA) is 87.3 Å². The Morgan fingerprint density at radius 3 is 2.92 bits per heavy atom. The van der Waals surface area contributed by atoms with E-state index in [0.29, 0.717) is 28.0 Å². The van der Waals surface area contributed by atoms with Gasteiger partial charge in [0.1, 0.15) is 16.7 Å². The smallest absolute Gasteiger partial charge is 0.349 e. The first-order chi connectivity index (χ1) is 12.4.